The number of amides is 2. The highest BCUT2D eigenvalue weighted by molar-refractivity contribution is 6.30. The van der Waals surface area contributed by atoms with E-state index >= 15 is 0 Å². The first-order chi connectivity index (χ1) is 9.19. The summed E-state index contributed by atoms with van der Waals surface area (Å²) in [5.41, 5.74) is 6.32. The standard InChI is InChI=1S/C14H20ClN3O/c15-12-4-1-5-13(9-12)17-14(19)18-8-2-3-11(10-18)6-7-16/h1,4-5,9,11H,2-3,6-8,10,16H2,(H,17,19). The van der Waals surface area contributed by atoms with E-state index in [-0.39, 0.29) is 6.03 Å². The first kappa shape index (κ1) is 14.2. The molecule has 0 aliphatic carbocycles. The number of likely N-dealkylation sites (tertiary alicyclic amines) is 1. The van der Waals surface area contributed by atoms with E-state index in [1.165, 1.54) is 0 Å². The maximum atomic E-state index is 12.2. The molecule has 1 saturated heterocycles. The lowest BCUT2D eigenvalue weighted by Gasteiger charge is -2.32. The van der Waals surface area contributed by atoms with Gasteiger partial charge in [-0.05, 0) is 49.9 Å². The number of anilines is 1. The van der Waals surface area contributed by atoms with Crippen molar-refractivity contribution in [3.05, 3.63) is 29.3 Å². The van der Waals surface area contributed by atoms with E-state index in [1.807, 2.05) is 17.0 Å². The minimum Gasteiger partial charge on any atom is -0.330 e. The van der Waals surface area contributed by atoms with E-state index in [1.54, 1.807) is 12.1 Å². The first-order valence-corrected chi connectivity index (χ1v) is 7.08. The maximum absolute atomic E-state index is 12.2. The van der Waals surface area contributed by atoms with E-state index in [0.717, 1.165) is 38.0 Å². The van der Waals surface area contributed by atoms with Gasteiger partial charge in [-0.25, -0.2) is 4.79 Å². The number of nitrogens with zero attached hydrogens (tertiary/aromatic N) is 1. The Kier molecular flexibility index (Phi) is 5.05. The normalized spacial score (nSPS) is 19.3. The zero-order chi connectivity index (χ0) is 13.7. The molecule has 0 spiro atoms. The Morgan fingerprint density at radius 2 is 2.37 bits per heavy atom. The summed E-state index contributed by atoms with van der Waals surface area (Å²) in [6.45, 7) is 2.30. The lowest BCUT2D eigenvalue weighted by molar-refractivity contribution is 0.175. The topological polar surface area (TPSA) is 58.4 Å². The predicted molar refractivity (Wildman–Crippen MR) is 78.4 cm³/mol. The van der Waals surface area contributed by atoms with Gasteiger partial charge in [0.1, 0.15) is 0 Å². The molecule has 1 aliphatic rings. The van der Waals surface area contributed by atoms with Crippen LogP contribution in [0, 0.1) is 5.92 Å². The Morgan fingerprint density at radius 1 is 1.53 bits per heavy atom. The lowest BCUT2D eigenvalue weighted by Crippen LogP contribution is -2.42. The summed E-state index contributed by atoms with van der Waals surface area (Å²) in [7, 11) is 0. The van der Waals surface area contributed by atoms with E-state index in [4.69, 9.17) is 17.3 Å². The second-order valence-electron chi connectivity index (χ2n) is 4.97. The molecule has 1 unspecified atom stereocenters. The van der Waals surface area contributed by atoms with Gasteiger partial charge < -0.3 is 16.0 Å². The molecule has 5 heteroatoms. The summed E-state index contributed by atoms with van der Waals surface area (Å²) in [5.74, 6) is 0.531. The predicted octanol–water partition coefficient (Wildman–Crippen LogP) is 2.93. The summed E-state index contributed by atoms with van der Waals surface area (Å²) >= 11 is 5.90. The lowest BCUT2D eigenvalue weighted by atomic mass is 9.95. The molecule has 1 aromatic rings. The quantitative estimate of drug-likeness (QED) is 0.895. The van der Waals surface area contributed by atoms with Gasteiger partial charge in [0.05, 0.1) is 0 Å². The smallest absolute Gasteiger partial charge is 0.321 e. The second kappa shape index (κ2) is 6.78. The zero-order valence-electron chi connectivity index (χ0n) is 10.9. The molecule has 0 saturated carbocycles. The molecule has 2 amide bonds. The molecule has 3 N–H and O–H groups in total. The van der Waals surface area contributed by atoms with E-state index in [9.17, 15) is 4.79 Å². The van der Waals surface area contributed by atoms with Gasteiger partial charge in [0.2, 0.25) is 0 Å². The number of carbonyl (C=O) groups is 1. The largest absolute Gasteiger partial charge is 0.330 e. The van der Waals surface area contributed by atoms with Gasteiger partial charge in [-0.3, -0.25) is 0 Å². The third-order valence-corrected chi connectivity index (χ3v) is 3.69. The summed E-state index contributed by atoms with van der Waals surface area (Å²) in [4.78, 5) is 14.0. The molecule has 0 radical (unpaired) electrons. The highest BCUT2D eigenvalue weighted by Crippen LogP contribution is 2.20. The first-order valence-electron chi connectivity index (χ1n) is 6.70. The Bertz CT molecular complexity index is 436. The highest BCUT2D eigenvalue weighted by atomic mass is 35.5. The van der Waals surface area contributed by atoms with Crippen LogP contribution in [0.3, 0.4) is 0 Å². The van der Waals surface area contributed by atoms with Crippen LogP contribution in [-0.2, 0) is 0 Å². The minimum atomic E-state index is -0.0519. The van der Waals surface area contributed by atoms with Gasteiger partial charge in [0.15, 0.2) is 0 Å². The minimum absolute atomic E-state index is 0.0519. The fourth-order valence-corrected chi connectivity index (χ4v) is 2.68. The van der Waals surface area contributed by atoms with Crippen LogP contribution in [0.25, 0.3) is 0 Å². The fourth-order valence-electron chi connectivity index (χ4n) is 2.49. The molecule has 104 valence electrons. The van der Waals surface area contributed by atoms with Gasteiger partial charge in [-0.15, -0.1) is 0 Å². The number of rotatable bonds is 3. The van der Waals surface area contributed by atoms with Crippen molar-refractivity contribution in [3.63, 3.8) is 0 Å². The van der Waals surface area contributed by atoms with Crippen molar-refractivity contribution in [2.75, 3.05) is 25.0 Å². The Hall–Kier alpha value is -1.26. The maximum Gasteiger partial charge on any atom is 0.321 e. The number of urea groups is 1. The summed E-state index contributed by atoms with van der Waals surface area (Å²) < 4.78 is 0. The van der Waals surface area contributed by atoms with Crippen LogP contribution in [0.4, 0.5) is 10.5 Å². The van der Waals surface area contributed by atoms with Gasteiger partial charge in [0, 0.05) is 23.8 Å². The average molecular weight is 282 g/mol. The molecule has 0 bridgehead atoms. The number of benzene rings is 1. The number of halogens is 1. The second-order valence-corrected chi connectivity index (χ2v) is 5.41. The molecule has 1 heterocycles. The fraction of sp³-hybridized carbons (Fsp3) is 0.500. The molecule has 1 atom stereocenters. The van der Waals surface area contributed by atoms with Gasteiger partial charge >= 0.3 is 6.03 Å². The van der Waals surface area contributed by atoms with Crippen molar-refractivity contribution in [2.45, 2.75) is 19.3 Å². The van der Waals surface area contributed by atoms with Crippen molar-refractivity contribution in [2.24, 2.45) is 11.7 Å². The van der Waals surface area contributed by atoms with Crippen LogP contribution < -0.4 is 11.1 Å². The highest BCUT2D eigenvalue weighted by Gasteiger charge is 2.23. The molecule has 4 nitrogen and oxygen atoms in total. The van der Waals surface area contributed by atoms with Crippen LogP contribution >= 0.6 is 11.6 Å². The summed E-state index contributed by atoms with van der Waals surface area (Å²) in [6.07, 6.45) is 3.20. The Labute approximate surface area is 118 Å². The number of hydrogen-bond acceptors (Lipinski definition) is 2. The molecule has 0 aromatic heterocycles. The molecule has 1 aliphatic heterocycles. The third kappa shape index (κ3) is 4.11. The number of hydrogen-bond donors (Lipinski definition) is 2. The van der Waals surface area contributed by atoms with E-state index < -0.39 is 0 Å². The monoisotopic (exact) mass is 281 g/mol. The number of nitrogens with two attached hydrogens (primary N) is 1. The van der Waals surface area contributed by atoms with Crippen molar-refractivity contribution >= 4 is 23.3 Å². The number of nitrogens with one attached hydrogen (secondary N) is 1. The van der Waals surface area contributed by atoms with Crippen LogP contribution in [-0.4, -0.2) is 30.6 Å². The van der Waals surface area contributed by atoms with Crippen LogP contribution in [0.1, 0.15) is 19.3 Å². The summed E-state index contributed by atoms with van der Waals surface area (Å²) in [5, 5.41) is 3.51. The van der Waals surface area contributed by atoms with Crippen molar-refractivity contribution in [1.82, 2.24) is 4.90 Å². The van der Waals surface area contributed by atoms with E-state index in [2.05, 4.69) is 5.32 Å². The van der Waals surface area contributed by atoms with Gasteiger partial charge in [-0.1, -0.05) is 17.7 Å². The third-order valence-electron chi connectivity index (χ3n) is 3.46. The average Bonchev–Trinajstić information content (AvgIpc) is 2.39. The number of carbonyl (C=O) groups excluding carboxylic acids is 1. The Morgan fingerprint density at radius 3 is 3.11 bits per heavy atom. The molecular formula is C14H20ClN3O. The SMILES string of the molecule is NCCC1CCCN(C(=O)Nc2cccc(Cl)c2)C1. The zero-order valence-corrected chi connectivity index (χ0v) is 11.7. The molecule has 2 rings (SSSR count). The molecular weight excluding hydrogens is 262 g/mol. The van der Waals surface area contributed by atoms with Crippen LogP contribution in [0.5, 0.6) is 0 Å². The van der Waals surface area contributed by atoms with Crippen LogP contribution in [0.2, 0.25) is 5.02 Å². The Balaban J connectivity index is 1.92. The van der Waals surface area contributed by atoms with Gasteiger partial charge in [-0.2, -0.15) is 0 Å². The van der Waals surface area contributed by atoms with Gasteiger partial charge in [0.25, 0.3) is 0 Å². The van der Waals surface area contributed by atoms with Crippen molar-refractivity contribution < 1.29 is 4.79 Å². The van der Waals surface area contributed by atoms with Crippen molar-refractivity contribution in [3.8, 4) is 0 Å². The molecule has 1 fully saturated rings. The van der Waals surface area contributed by atoms with Crippen LogP contribution in [0.15, 0.2) is 24.3 Å². The number of piperidine rings is 1. The van der Waals surface area contributed by atoms with Crippen molar-refractivity contribution in [1.29, 1.82) is 0 Å². The summed E-state index contributed by atoms with van der Waals surface area (Å²) in [6, 6.07) is 7.15. The molecule has 19 heavy (non-hydrogen) atoms. The molecule has 1 aromatic carbocycles. The van der Waals surface area contributed by atoms with E-state index in [0.29, 0.717) is 17.5 Å².